The molecule has 0 aliphatic carbocycles. The van der Waals surface area contributed by atoms with Crippen molar-refractivity contribution in [3.63, 3.8) is 0 Å². The molecule has 0 heterocycles. The van der Waals surface area contributed by atoms with Crippen LogP contribution in [-0.4, -0.2) is 17.9 Å². The molecule has 0 aliphatic rings. The van der Waals surface area contributed by atoms with Crippen molar-refractivity contribution in [2.45, 2.75) is 20.0 Å². The monoisotopic (exact) mass is 400 g/mol. The lowest BCUT2D eigenvalue weighted by atomic mass is 10.2. The summed E-state index contributed by atoms with van der Waals surface area (Å²) in [5, 5.41) is 6.38. The molecule has 0 aliphatic heterocycles. The zero-order valence-corrected chi connectivity index (χ0v) is 15.7. The van der Waals surface area contributed by atoms with Crippen molar-refractivity contribution in [1.82, 2.24) is 0 Å². The third-order valence-electron chi connectivity index (χ3n) is 3.11. The van der Waals surface area contributed by atoms with Gasteiger partial charge in [-0.3, -0.25) is 9.59 Å². The molecule has 0 bridgehead atoms. The number of carbonyl (C=O) groups excluding carboxylic acids is 2. The third-order valence-corrected chi connectivity index (χ3v) is 3.97. The van der Waals surface area contributed by atoms with E-state index in [1.165, 1.54) is 13.0 Å². The maximum Gasteiger partial charge on any atom is 0.265 e. The van der Waals surface area contributed by atoms with Gasteiger partial charge in [0.2, 0.25) is 5.91 Å². The summed E-state index contributed by atoms with van der Waals surface area (Å²) in [7, 11) is 0. The van der Waals surface area contributed by atoms with Crippen LogP contribution in [0.15, 0.2) is 36.4 Å². The lowest BCUT2D eigenvalue weighted by Crippen LogP contribution is -2.30. The first kappa shape index (κ1) is 19.4. The summed E-state index contributed by atoms with van der Waals surface area (Å²) in [6.07, 6.45) is -0.834. The third kappa shape index (κ3) is 5.53. The summed E-state index contributed by atoms with van der Waals surface area (Å²) in [5.41, 5.74) is 0.872. The zero-order chi connectivity index (χ0) is 18.6. The van der Waals surface area contributed by atoms with Crippen LogP contribution in [0.2, 0.25) is 15.1 Å². The second-order valence-corrected chi connectivity index (χ2v) is 6.45. The number of carbonyl (C=O) groups is 2. The summed E-state index contributed by atoms with van der Waals surface area (Å²) >= 11 is 17.9. The number of hydrogen-bond acceptors (Lipinski definition) is 3. The van der Waals surface area contributed by atoms with Crippen molar-refractivity contribution < 1.29 is 14.3 Å². The maximum absolute atomic E-state index is 12.3. The molecule has 2 amide bonds. The van der Waals surface area contributed by atoms with Crippen molar-refractivity contribution in [1.29, 1.82) is 0 Å². The Hall–Kier alpha value is -1.95. The summed E-state index contributed by atoms with van der Waals surface area (Å²) in [6, 6.07) is 9.48. The Labute approximate surface area is 160 Å². The summed E-state index contributed by atoms with van der Waals surface area (Å²) in [6.45, 7) is 2.96. The summed E-state index contributed by atoms with van der Waals surface area (Å²) in [5.74, 6) is -0.312. The van der Waals surface area contributed by atoms with Crippen LogP contribution >= 0.6 is 34.8 Å². The Morgan fingerprint density at radius 3 is 2.36 bits per heavy atom. The standard InChI is InChI=1S/C17H15Cl3N2O3/c1-9(25-16-6-3-11(18)7-14(16)20)17(24)22-15-8-12(21-10(2)23)4-5-13(15)19/h3-9H,1-2H3,(H,21,23)(H,22,24). The topological polar surface area (TPSA) is 67.4 Å². The van der Waals surface area contributed by atoms with Crippen LogP contribution in [0.5, 0.6) is 5.75 Å². The largest absolute Gasteiger partial charge is 0.479 e. The molecule has 2 rings (SSSR count). The molecule has 5 nitrogen and oxygen atoms in total. The Bertz CT molecular complexity index is 812. The van der Waals surface area contributed by atoms with Crippen molar-refractivity contribution in [2.24, 2.45) is 0 Å². The molecule has 1 atom stereocenters. The van der Waals surface area contributed by atoms with Crippen LogP contribution in [-0.2, 0) is 9.59 Å². The maximum atomic E-state index is 12.3. The van der Waals surface area contributed by atoms with Crippen LogP contribution in [0.4, 0.5) is 11.4 Å². The highest BCUT2D eigenvalue weighted by Crippen LogP contribution is 2.29. The van der Waals surface area contributed by atoms with E-state index in [-0.39, 0.29) is 5.91 Å². The molecule has 0 saturated carbocycles. The van der Waals surface area contributed by atoms with Gasteiger partial charge in [-0.1, -0.05) is 34.8 Å². The molecule has 2 aromatic rings. The lowest BCUT2D eigenvalue weighted by Gasteiger charge is -2.17. The van der Waals surface area contributed by atoms with Crippen molar-refractivity contribution in [2.75, 3.05) is 10.6 Å². The van der Waals surface area contributed by atoms with E-state index in [4.69, 9.17) is 39.5 Å². The van der Waals surface area contributed by atoms with Gasteiger partial charge in [0, 0.05) is 17.6 Å². The number of benzene rings is 2. The highest BCUT2D eigenvalue weighted by atomic mass is 35.5. The van der Waals surface area contributed by atoms with E-state index in [2.05, 4.69) is 10.6 Å². The molecular weight excluding hydrogens is 387 g/mol. The number of nitrogens with one attached hydrogen (secondary N) is 2. The molecule has 0 radical (unpaired) electrons. The second-order valence-electron chi connectivity index (χ2n) is 5.20. The van der Waals surface area contributed by atoms with Crippen molar-refractivity contribution in [3.05, 3.63) is 51.5 Å². The fraction of sp³-hybridized carbons (Fsp3) is 0.176. The first-order chi connectivity index (χ1) is 11.8. The van der Waals surface area contributed by atoms with Crippen molar-refractivity contribution >= 4 is 58.0 Å². The van der Waals surface area contributed by atoms with Gasteiger partial charge in [-0.05, 0) is 43.3 Å². The first-order valence-electron chi connectivity index (χ1n) is 7.26. The number of anilines is 2. The van der Waals surface area contributed by atoms with Gasteiger partial charge in [0.05, 0.1) is 15.7 Å². The Balaban J connectivity index is 2.09. The van der Waals surface area contributed by atoms with Crippen molar-refractivity contribution in [3.8, 4) is 5.75 Å². The smallest absolute Gasteiger partial charge is 0.265 e. The van der Waals surface area contributed by atoms with E-state index < -0.39 is 12.0 Å². The molecule has 2 aromatic carbocycles. The summed E-state index contributed by atoms with van der Waals surface area (Å²) in [4.78, 5) is 23.5. The highest BCUT2D eigenvalue weighted by molar-refractivity contribution is 6.35. The Kier molecular flexibility index (Phi) is 6.53. The van der Waals surface area contributed by atoms with E-state index in [0.29, 0.717) is 32.2 Å². The molecule has 2 N–H and O–H groups in total. The quantitative estimate of drug-likeness (QED) is 0.740. The molecular formula is C17H15Cl3N2O3. The SMILES string of the molecule is CC(=O)Nc1ccc(Cl)c(NC(=O)C(C)Oc2ccc(Cl)cc2Cl)c1. The van der Waals surface area contributed by atoms with Crippen LogP contribution < -0.4 is 15.4 Å². The molecule has 1 unspecified atom stereocenters. The first-order valence-corrected chi connectivity index (χ1v) is 8.39. The van der Waals surface area contributed by atoms with E-state index in [0.717, 1.165) is 0 Å². The Morgan fingerprint density at radius 1 is 1.00 bits per heavy atom. The van der Waals surface area contributed by atoms with Gasteiger partial charge in [0.25, 0.3) is 5.91 Å². The fourth-order valence-corrected chi connectivity index (χ4v) is 2.57. The van der Waals surface area contributed by atoms with E-state index in [1.54, 1.807) is 37.3 Å². The minimum absolute atomic E-state index is 0.228. The number of halogens is 3. The molecule has 8 heteroatoms. The molecule has 0 saturated heterocycles. The minimum atomic E-state index is -0.834. The normalized spacial score (nSPS) is 11.6. The number of amides is 2. The molecule has 25 heavy (non-hydrogen) atoms. The lowest BCUT2D eigenvalue weighted by molar-refractivity contribution is -0.122. The second kappa shape index (κ2) is 8.43. The van der Waals surface area contributed by atoms with Gasteiger partial charge in [-0.25, -0.2) is 0 Å². The highest BCUT2D eigenvalue weighted by Gasteiger charge is 2.18. The number of ether oxygens (including phenoxy) is 1. The van der Waals surface area contributed by atoms with E-state index in [1.807, 2.05) is 0 Å². The van der Waals surface area contributed by atoms with Gasteiger partial charge in [-0.2, -0.15) is 0 Å². The molecule has 0 fully saturated rings. The van der Waals surface area contributed by atoms with Crippen LogP contribution in [0, 0.1) is 0 Å². The van der Waals surface area contributed by atoms with E-state index in [9.17, 15) is 9.59 Å². The molecule has 0 aromatic heterocycles. The van der Waals surface area contributed by atoms with Crippen LogP contribution in [0.3, 0.4) is 0 Å². The van der Waals surface area contributed by atoms with Crippen LogP contribution in [0.25, 0.3) is 0 Å². The van der Waals surface area contributed by atoms with Crippen LogP contribution in [0.1, 0.15) is 13.8 Å². The number of rotatable bonds is 5. The predicted octanol–water partition coefficient (Wildman–Crippen LogP) is 5.01. The molecule has 0 spiro atoms. The summed E-state index contributed by atoms with van der Waals surface area (Å²) < 4.78 is 5.55. The average molecular weight is 402 g/mol. The predicted molar refractivity (Wildman–Crippen MR) is 101 cm³/mol. The van der Waals surface area contributed by atoms with Gasteiger partial charge >= 0.3 is 0 Å². The Morgan fingerprint density at radius 2 is 1.72 bits per heavy atom. The minimum Gasteiger partial charge on any atom is -0.479 e. The van der Waals surface area contributed by atoms with Gasteiger partial charge in [0.1, 0.15) is 5.75 Å². The zero-order valence-electron chi connectivity index (χ0n) is 13.4. The molecule has 132 valence electrons. The van der Waals surface area contributed by atoms with Gasteiger partial charge in [-0.15, -0.1) is 0 Å². The van der Waals surface area contributed by atoms with Gasteiger partial charge in [0.15, 0.2) is 6.10 Å². The van der Waals surface area contributed by atoms with E-state index >= 15 is 0 Å². The van der Waals surface area contributed by atoms with Gasteiger partial charge < -0.3 is 15.4 Å². The number of hydrogen-bond donors (Lipinski definition) is 2. The fourth-order valence-electron chi connectivity index (χ4n) is 1.95. The average Bonchev–Trinajstić information content (AvgIpc) is 2.52.